The highest BCUT2D eigenvalue weighted by Gasteiger charge is 2.42. The van der Waals surface area contributed by atoms with E-state index in [1.165, 1.54) is 4.90 Å². The predicted molar refractivity (Wildman–Crippen MR) is 101 cm³/mol. The van der Waals surface area contributed by atoms with E-state index >= 15 is 0 Å². The smallest absolute Gasteiger partial charge is 0.248 e. The molecule has 1 aromatic heterocycles. The van der Waals surface area contributed by atoms with Crippen LogP contribution in [0.4, 0.5) is 14.6 Å². The molecule has 0 radical (unpaired) electrons. The fourth-order valence-corrected chi connectivity index (χ4v) is 3.88. The van der Waals surface area contributed by atoms with Crippen LogP contribution < -0.4 is 5.32 Å². The molecule has 0 spiro atoms. The van der Waals surface area contributed by atoms with Crippen molar-refractivity contribution in [3.63, 3.8) is 0 Å². The average Bonchev–Trinajstić information content (AvgIpc) is 3.10. The number of nitrogens with one attached hydrogen (secondary N) is 1. The van der Waals surface area contributed by atoms with E-state index in [2.05, 4.69) is 10.5 Å². The van der Waals surface area contributed by atoms with Crippen molar-refractivity contribution in [1.29, 1.82) is 0 Å². The summed E-state index contributed by atoms with van der Waals surface area (Å²) >= 11 is 0. The number of hydrogen-bond donors (Lipinski definition) is 2. The number of aliphatic hydroxyl groups excluding tert-OH is 1. The highest BCUT2D eigenvalue weighted by Crippen LogP contribution is 2.37. The van der Waals surface area contributed by atoms with Crippen LogP contribution in [-0.2, 0) is 15.0 Å². The number of hydrogen-bond acceptors (Lipinski definition) is 5. The second-order valence-electron chi connectivity index (χ2n) is 9.17. The summed E-state index contributed by atoms with van der Waals surface area (Å²) in [6.45, 7) is 6.07. The van der Waals surface area contributed by atoms with Crippen molar-refractivity contribution in [2.45, 2.75) is 82.8 Å². The quantitative estimate of drug-likeness (QED) is 0.794. The van der Waals surface area contributed by atoms with Crippen molar-refractivity contribution in [3.8, 4) is 0 Å². The lowest BCUT2D eigenvalue weighted by Gasteiger charge is -2.39. The number of rotatable bonds is 3. The van der Waals surface area contributed by atoms with Crippen molar-refractivity contribution < 1.29 is 28.0 Å². The minimum absolute atomic E-state index is 0.102. The molecule has 2 heterocycles. The van der Waals surface area contributed by atoms with Crippen LogP contribution in [0.15, 0.2) is 10.6 Å². The van der Waals surface area contributed by atoms with E-state index in [0.29, 0.717) is 12.2 Å². The van der Waals surface area contributed by atoms with Crippen LogP contribution in [0.2, 0.25) is 0 Å². The van der Waals surface area contributed by atoms with Crippen LogP contribution in [0, 0.1) is 5.92 Å². The van der Waals surface area contributed by atoms with Gasteiger partial charge in [-0.2, -0.15) is 0 Å². The van der Waals surface area contributed by atoms with E-state index < -0.39 is 29.9 Å². The summed E-state index contributed by atoms with van der Waals surface area (Å²) in [6, 6.07) is 0.760. The Morgan fingerprint density at radius 1 is 1.28 bits per heavy atom. The lowest BCUT2D eigenvalue weighted by atomic mass is 9.84. The highest BCUT2D eigenvalue weighted by molar-refractivity contribution is 5.97. The second kappa shape index (κ2) is 8.01. The molecule has 1 aliphatic heterocycles. The van der Waals surface area contributed by atoms with Gasteiger partial charge in [0.25, 0.3) is 0 Å². The molecule has 2 aliphatic rings. The summed E-state index contributed by atoms with van der Waals surface area (Å²) in [7, 11) is 0. The van der Waals surface area contributed by atoms with Gasteiger partial charge in [0.05, 0.1) is 6.10 Å². The Morgan fingerprint density at radius 2 is 1.93 bits per heavy atom. The van der Waals surface area contributed by atoms with Crippen molar-refractivity contribution in [2.75, 3.05) is 11.9 Å². The second-order valence-corrected chi connectivity index (χ2v) is 9.17. The van der Waals surface area contributed by atoms with Crippen LogP contribution in [0.1, 0.15) is 65.1 Å². The average molecular weight is 413 g/mol. The maximum atomic E-state index is 13.4. The van der Waals surface area contributed by atoms with Gasteiger partial charge < -0.3 is 19.8 Å². The van der Waals surface area contributed by atoms with Gasteiger partial charge in [-0.15, -0.1) is 0 Å². The van der Waals surface area contributed by atoms with Gasteiger partial charge in [0.1, 0.15) is 11.8 Å². The fourth-order valence-electron chi connectivity index (χ4n) is 3.88. The third-order valence-electron chi connectivity index (χ3n) is 5.73. The number of amides is 2. The Labute approximate surface area is 168 Å². The molecule has 1 saturated heterocycles. The Bertz CT molecular complexity index is 749. The van der Waals surface area contributed by atoms with Crippen molar-refractivity contribution in [3.05, 3.63) is 11.8 Å². The maximum absolute atomic E-state index is 13.4. The third-order valence-corrected chi connectivity index (χ3v) is 5.73. The zero-order valence-electron chi connectivity index (χ0n) is 17.1. The standard InChI is InChI=1S/C20H29F2N3O4/c1-19(2,3)15-11-16(24-29-15)23-17(27)14-10-13(26)6-9-25(14)18(28)12-4-7-20(21,22)8-5-12/h11-14,26H,4-10H2,1-3H3,(H,23,24,27)/t13-,14-/m0/s1. The van der Waals surface area contributed by atoms with Gasteiger partial charge in [-0.1, -0.05) is 25.9 Å². The third kappa shape index (κ3) is 5.12. The molecule has 0 unspecified atom stereocenters. The van der Waals surface area contributed by atoms with Crippen molar-refractivity contribution in [2.24, 2.45) is 5.92 Å². The molecular formula is C20H29F2N3O4. The lowest BCUT2D eigenvalue weighted by Crippen LogP contribution is -2.55. The van der Waals surface area contributed by atoms with Crippen LogP contribution in [0.25, 0.3) is 0 Å². The Balaban J connectivity index is 1.70. The van der Waals surface area contributed by atoms with E-state index in [1.54, 1.807) is 6.07 Å². The first-order valence-electron chi connectivity index (χ1n) is 10.1. The van der Waals surface area contributed by atoms with Crippen LogP contribution in [0.5, 0.6) is 0 Å². The highest BCUT2D eigenvalue weighted by atomic mass is 19.3. The molecular weight excluding hydrogens is 384 g/mol. The van der Waals surface area contributed by atoms with Gasteiger partial charge >= 0.3 is 0 Å². The van der Waals surface area contributed by atoms with Crippen molar-refractivity contribution >= 4 is 17.6 Å². The number of alkyl halides is 2. The number of nitrogens with zero attached hydrogens (tertiary/aromatic N) is 2. The summed E-state index contributed by atoms with van der Waals surface area (Å²) in [6.07, 6.45) is -0.653. The summed E-state index contributed by atoms with van der Waals surface area (Å²) < 4.78 is 32.1. The molecule has 9 heteroatoms. The van der Waals surface area contributed by atoms with Crippen LogP contribution >= 0.6 is 0 Å². The van der Waals surface area contributed by atoms with Crippen LogP contribution in [0.3, 0.4) is 0 Å². The van der Waals surface area contributed by atoms with E-state index in [9.17, 15) is 23.5 Å². The molecule has 2 amide bonds. The first-order chi connectivity index (χ1) is 13.5. The van der Waals surface area contributed by atoms with E-state index in [0.717, 1.165) is 0 Å². The number of likely N-dealkylation sites (tertiary alicyclic amines) is 1. The first-order valence-corrected chi connectivity index (χ1v) is 10.1. The Kier molecular flexibility index (Phi) is 5.98. The number of carbonyl (C=O) groups excluding carboxylic acids is 2. The number of aliphatic hydroxyl groups is 1. The molecule has 3 rings (SSSR count). The number of anilines is 1. The van der Waals surface area contributed by atoms with Gasteiger partial charge in [0, 0.05) is 43.2 Å². The molecule has 29 heavy (non-hydrogen) atoms. The van der Waals surface area contributed by atoms with Gasteiger partial charge in [-0.05, 0) is 19.3 Å². The van der Waals surface area contributed by atoms with Gasteiger partial charge in [0.2, 0.25) is 17.7 Å². The van der Waals surface area contributed by atoms with Gasteiger partial charge in [-0.25, -0.2) is 8.78 Å². The molecule has 1 aromatic rings. The zero-order chi connectivity index (χ0) is 21.4. The number of piperidine rings is 1. The monoisotopic (exact) mass is 413 g/mol. The number of carbonyl (C=O) groups is 2. The molecule has 2 N–H and O–H groups in total. The minimum atomic E-state index is -2.72. The van der Waals surface area contributed by atoms with Crippen LogP contribution in [-0.4, -0.2) is 51.6 Å². The topological polar surface area (TPSA) is 95.7 Å². The van der Waals surface area contributed by atoms with E-state index in [1.807, 2.05) is 20.8 Å². The molecule has 0 bridgehead atoms. The fraction of sp³-hybridized carbons (Fsp3) is 0.750. The SMILES string of the molecule is CC(C)(C)c1cc(NC(=O)[C@@H]2C[C@@H](O)CCN2C(=O)C2CCC(F)(F)CC2)no1. The molecule has 2 atom stereocenters. The lowest BCUT2D eigenvalue weighted by molar-refractivity contribution is -0.149. The number of aromatic nitrogens is 1. The summed E-state index contributed by atoms with van der Waals surface area (Å²) in [5, 5.41) is 16.5. The maximum Gasteiger partial charge on any atom is 0.248 e. The molecule has 7 nitrogen and oxygen atoms in total. The Hall–Kier alpha value is -2.03. The predicted octanol–water partition coefficient (Wildman–Crippen LogP) is 3.09. The van der Waals surface area contributed by atoms with E-state index in [-0.39, 0.29) is 55.8 Å². The number of halogens is 2. The normalized spacial score (nSPS) is 25.7. The summed E-state index contributed by atoms with van der Waals surface area (Å²) in [5.74, 6) is -3.14. The molecule has 1 aliphatic carbocycles. The summed E-state index contributed by atoms with van der Waals surface area (Å²) in [4.78, 5) is 27.2. The van der Waals surface area contributed by atoms with E-state index in [4.69, 9.17) is 4.52 Å². The van der Waals surface area contributed by atoms with Gasteiger partial charge in [-0.3, -0.25) is 9.59 Å². The molecule has 1 saturated carbocycles. The Morgan fingerprint density at radius 3 is 2.52 bits per heavy atom. The minimum Gasteiger partial charge on any atom is -0.393 e. The molecule has 162 valence electrons. The zero-order valence-corrected chi connectivity index (χ0v) is 17.1. The van der Waals surface area contributed by atoms with Gasteiger partial charge in [0.15, 0.2) is 5.82 Å². The van der Waals surface area contributed by atoms with Crippen molar-refractivity contribution in [1.82, 2.24) is 10.1 Å². The largest absolute Gasteiger partial charge is 0.393 e. The molecule has 0 aromatic carbocycles. The molecule has 2 fully saturated rings. The summed E-state index contributed by atoms with van der Waals surface area (Å²) in [5.41, 5.74) is -0.276. The first kappa shape index (κ1) is 21.7.